The molecule has 0 aromatic carbocycles. The van der Waals surface area contributed by atoms with E-state index in [1.807, 2.05) is 6.08 Å². The van der Waals surface area contributed by atoms with Gasteiger partial charge in [0.05, 0.1) is 32.0 Å². The van der Waals surface area contributed by atoms with Crippen LogP contribution in [0.1, 0.15) is 322 Å². The van der Waals surface area contributed by atoms with E-state index in [0.717, 1.165) is 64.2 Å². The van der Waals surface area contributed by atoms with Crippen LogP contribution in [0.15, 0.2) is 48.6 Å². The Balaban J connectivity index is 1.93. The van der Waals surface area contributed by atoms with Crippen molar-refractivity contribution in [3.63, 3.8) is 0 Å². The van der Waals surface area contributed by atoms with E-state index in [1.54, 1.807) is 6.08 Å². The van der Waals surface area contributed by atoms with Crippen LogP contribution in [0, 0.1) is 0 Å². The third-order valence-electron chi connectivity index (χ3n) is 16.2. The van der Waals surface area contributed by atoms with Crippen LogP contribution in [0.3, 0.4) is 0 Å². The van der Waals surface area contributed by atoms with E-state index in [-0.39, 0.29) is 18.5 Å². The average molecular weight is 1140 g/mol. The summed E-state index contributed by atoms with van der Waals surface area (Å²) in [6, 6.07) is -0.810. The molecule has 0 bridgehead atoms. The fourth-order valence-corrected chi connectivity index (χ4v) is 10.7. The average Bonchev–Trinajstić information content (AvgIpc) is 3.47. The zero-order valence-corrected chi connectivity index (χ0v) is 52.5. The molecule has 1 heterocycles. The number of ether oxygens (including phenoxy) is 3. The van der Waals surface area contributed by atoms with Crippen LogP contribution in [0.2, 0.25) is 0 Å². The molecule has 0 aromatic rings. The highest BCUT2D eigenvalue weighted by Crippen LogP contribution is 2.23. The lowest BCUT2D eigenvalue weighted by atomic mass is 9.99. The molecule has 11 heteroatoms. The second-order valence-electron chi connectivity index (χ2n) is 23.9. The molecule has 474 valence electrons. The first-order valence-corrected chi connectivity index (χ1v) is 34.4. The Kier molecular flexibility index (Phi) is 56.2. The Morgan fingerprint density at radius 3 is 1.28 bits per heavy atom. The lowest BCUT2D eigenvalue weighted by molar-refractivity contribution is -0.302. The summed E-state index contributed by atoms with van der Waals surface area (Å²) in [5.74, 6) is -0.187. The number of rotatable bonds is 60. The number of allylic oxidation sites excluding steroid dienone is 7. The van der Waals surface area contributed by atoms with Crippen LogP contribution < -0.4 is 5.32 Å². The van der Waals surface area contributed by atoms with Gasteiger partial charge in [0.2, 0.25) is 5.91 Å². The van der Waals surface area contributed by atoms with Gasteiger partial charge in [-0.05, 0) is 89.9 Å². The second kappa shape index (κ2) is 59.4. The van der Waals surface area contributed by atoms with Gasteiger partial charge in [-0.3, -0.25) is 9.59 Å². The van der Waals surface area contributed by atoms with Crippen molar-refractivity contribution in [2.75, 3.05) is 19.8 Å². The molecule has 1 rings (SSSR count). The summed E-state index contributed by atoms with van der Waals surface area (Å²) >= 11 is 0. The first-order valence-electron chi connectivity index (χ1n) is 34.4. The van der Waals surface area contributed by atoms with Crippen molar-refractivity contribution in [3.05, 3.63) is 48.6 Å². The fraction of sp³-hybridized carbons (Fsp3) is 0.857. The maximum Gasteiger partial charge on any atom is 0.305 e. The van der Waals surface area contributed by atoms with Crippen molar-refractivity contribution >= 4 is 11.9 Å². The predicted molar refractivity (Wildman–Crippen MR) is 338 cm³/mol. The quantitative estimate of drug-likeness (QED) is 0.0195. The largest absolute Gasteiger partial charge is 0.466 e. The summed E-state index contributed by atoms with van der Waals surface area (Å²) < 4.78 is 16.7. The SMILES string of the molecule is CCCCC/C=C\C/C=C\CCCCCCCCCC(=O)OCCCCCCCCCCCCCC/C=C\CCCCCCCCCCCCCC(=O)NC(COC1OC(CO)C(O)C(O)C1O)C(O)/C=C/CCCCCCCCC. The molecular weight excluding hydrogens is 1010 g/mol. The summed E-state index contributed by atoms with van der Waals surface area (Å²) in [7, 11) is 0. The molecule has 1 aliphatic heterocycles. The summed E-state index contributed by atoms with van der Waals surface area (Å²) in [4.78, 5) is 25.1. The van der Waals surface area contributed by atoms with Gasteiger partial charge in [0, 0.05) is 12.8 Å². The molecular formula is C70H129NO10. The summed E-state index contributed by atoms with van der Waals surface area (Å²) in [6.45, 7) is 4.30. The lowest BCUT2D eigenvalue weighted by Crippen LogP contribution is -2.60. The number of carbonyl (C=O) groups is 2. The molecule has 0 spiro atoms. The Morgan fingerprint density at radius 2 is 0.827 bits per heavy atom. The van der Waals surface area contributed by atoms with Crippen LogP contribution in [-0.4, -0.2) is 100 Å². The van der Waals surface area contributed by atoms with Crippen molar-refractivity contribution in [1.82, 2.24) is 5.32 Å². The predicted octanol–water partition coefficient (Wildman–Crippen LogP) is 17.2. The van der Waals surface area contributed by atoms with Gasteiger partial charge >= 0.3 is 5.97 Å². The number of hydrogen-bond donors (Lipinski definition) is 6. The van der Waals surface area contributed by atoms with Gasteiger partial charge in [-0.25, -0.2) is 0 Å². The van der Waals surface area contributed by atoms with Crippen molar-refractivity contribution < 1.29 is 49.3 Å². The Labute approximate surface area is 497 Å². The molecule has 1 amide bonds. The Bertz CT molecular complexity index is 1480. The number of nitrogens with one attached hydrogen (secondary N) is 1. The van der Waals surface area contributed by atoms with E-state index >= 15 is 0 Å². The van der Waals surface area contributed by atoms with Crippen molar-refractivity contribution in [1.29, 1.82) is 0 Å². The van der Waals surface area contributed by atoms with Crippen LogP contribution in [0.5, 0.6) is 0 Å². The minimum absolute atomic E-state index is 0.00237. The number of esters is 1. The van der Waals surface area contributed by atoms with Gasteiger partial charge in [0.15, 0.2) is 6.29 Å². The maximum absolute atomic E-state index is 13.0. The molecule has 11 nitrogen and oxygen atoms in total. The molecule has 0 aliphatic carbocycles. The molecule has 7 unspecified atom stereocenters. The smallest absolute Gasteiger partial charge is 0.305 e. The van der Waals surface area contributed by atoms with Crippen LogP contribution in [0.25, 0.3) is 0 Å². The van der Waals surface area contributed by atoms with Crippen LogP contribution in [-0.2, 0) is 23.8 Å². The van der Waals surface area contributed by atoms with Gasteiger partial charge in [-0.2, -0.15) is 0 Å². The highest BCUT2D eigenvalue weighted by molar-refractivity contribution is 5.76. The molecule has 81 heavy (non-hydrogen) atoms. The molecule has 6 N–H and O–H groups in total. The van der Waals surface area contributed by atoms with E-state index in [0.29, 0.717) is 19.4 Å². The summed E-state index contributed by atoms with van der Waals surface area (Å²) in [5.41, 5.74) is 0. The standard InChI is InChI=1S/C70H129NO10/c1-3-5-7-9-11-13-14-15-16-28-32-35-38-42-46-50-54-58-66(75)79-59-55-51-47-43-39-36-33-30-27-25-23-21-19-17-18-20-22-24-26-29-31-34-37-41-45-49-53-57-65(74)71-62(63(73)56-52-48-44-40-12-10-8-6-4-2)61-80-70-69(78)68(77)67(76)64(60-72)81-70/h11,13,15-18,52,56,62-64,67-70,72-73,76-78H,3-10,12,14,19-51,53-55,57-61H2,1-2H3,(H,71,74)/b13-11-,16-15-,18-17-,56-52+. The number of carbonyl (C=O) groups excluding carboxylic acids is 2. The molecule has 1 aliphatic rings. The topological polar surface area (TPSA) is 175 Å². The second-order valence-corrected chi connectivity index (χ2v) is 23.9. The zero-order valence-electron chi connectivity index (χ0n) is 52.5. The normalized spacial score (nSPS) is 18.5. The first-order chi connectivity index (χ1) is 39.7. The molecule has 0 aromatic heterocycles. The lowest BCUT2D eigenvalue weighted by Gasteiger charge is -2.40. The van der Waals surface area contributed by atoms with E-state index in [2.05, 4.69) is 55.6 Å². The summed E-state index contributed by atoms with van der Waals surface area (Å²) in [6.07, 6.45) is 66.8. The minimum Gasteiger partial charge on any atom is -0.466 e. The van der Waals surface area contributed by atoms with Crippen LogP contribution in [0.4, 0.5) is 0 Å². The van der Waals surface area contributed by atoms with E-state index in [9.17, 15) is 35.1 Å². The first kappa shape index (κ1) is 76.6. The highest BCUT2D eigenvalue weighted by Gasteiger charge is 2.44. The molecule has 7 atom stereocenters. The van der Waals surface area contributed by atoms with Crippen LogP contribution >= 0.6 is 0 Å². The molecule has 0 radical (unpaired) electrons. The molecule has 0 saturated carbocycles. The van der Waals surface area contributed by atoms with E-state index in [4.69, 9.17) is 14.2 Å². The highest BCUT2D eigenvalue weighted by atomic mass is 16.7. The van der Waals surface area contributed by atoms with Gasteiger partial charge in [-0.15, -0.1) is 0 Å². The van der Waals surface area contributed by atoms with Crippen molar-refractivity contribution in [3.8, 4) is 0 Å². The number of aliphatic hydroxyl groups is 5. The third-order valence-corrected chi connectivity index (χ3v) is 16.2. The maximum atomic E-state index is 13.0. The fourth-order valence-electron chi connectivity index (χ4n) is 10.7. The Hall–Kier alpha value is -2.38. The number of hydrogen-bond acceptors (Lipinski definition) is 10. The zero-order chi connectivity index (χ0) is 58.7. The van der Waals surface area contributed by atoms with Gasteiger partial charge in [0.25, 0.3) is 0 Å². The number of unbranched alkanes of at least 4 members (excludes halogenated alkanes) is 40. The van der Waals surface area contributed by atoms with Gasteiger partial charge in [-0.1, -0.05) is 268 Å². The molecule has 1 saturated heterocycles. The molecule has 1 fully saturated rings. The monoisotopic (exact) mass is 1140 g/mol. The number of aliphatic hydroxyl groups excluding tert-OH is 5. The summed E-state index contributed by atoms with van der Waals surface area (Å²) in [5, 5.41) is 54.3. The van der Waals surface area contributed by atoms with Gasteiger partial charge in [0.1, 0.15) is 24.4 Å². The number of amides is 1. The van der Waals surface area contributed by atoms with E-state index in [1.165, 1.54) is 231 Å². The third kappa shape index (κ3) is 48.5. The Morgan fingerprint density at radius 1 is 0.457 bits per heavy atom. The minimum atomic E-state index is -1.57. The van der Waals surface area contributed by atoms with Crippen molar-refractivity contribution in [2.24, 2.45) is 0 Å². The van der Waals surface area contributed by atoms with E-state index < -0.39 is 49.5 Å². The van der Waals surface area contributed by atoms with Gasteiger partial charge < -0.3 is 45.1 Å². The van der Waals surface area contributed by atoms with Crippen molar-refractivity contribution in [2.45, 2.75) is 365 Å².